The molecule has 1 aromatic heterocycles. The van der Waals surface area contributed by atoms with Gasteiger partial charge in [0.05, 0.1) is 6.10 Å². The minimum Gasteiger partial charge on any atom is -0.391 e. The van der Waals surface area contributed by atoms with Gasteiger partial charge in [-0.3, -0.25) is 0 Å². The number of H-pyrrole nitrogens is 1. The summed E-state index contributed by atoms with van der Waals surface area (Å²) in [5, 5.41) is 9.48. The molecule has 4 N–H and O–H groups in total. The molecule has 0 radical (unpaired) electrons. The predicted molar refractivity (Wildman–Crippen MR) is 53.7 cm³/mol. The van der Waals surface area contributed by atoms with Crippen molar-refractivity contribution < 1.29 is 5.11 Å². The van der Waals surface area contributed by atoms with E-state index in [0.717, 1.165) is 5.82 Å². The Labute approximate surface area is 78.4 Å². The first-order chi connectivity index (χ1) is 6.24. The quantitative estimate of drug-likeness (QED) is 0.609. The van der Waals surface area contributed by atoms with E-state index in [9.17, 15) is 5.11 Å². The van der Waals surface area contributed by atoms with Crippen LogP contribution in [0.5, 0.6) is 0 Å². The molecule has 0 saturated heterocycles. The summed E-state index contributed by atoms with van der Waals surface area (Å²) in [6.07, 6.45) is 2.16. The summed E-state index contributed by atoms with van der Waals surface area (Å²) in [6.45, 7) is 1.14. The zero-order chi connectivity index (χ0) is 9.68. The largest absolute Gasteiger partial charge is 0.391 e. The van der Waals surface area contributed by atoms with E-state index in [1.54, 1.807) is 0 Å². The van der Waals surface area contributed by atoms with E-state index in [2.05, 4.69) is 4.98 Å². The van der Waals surface area contributed by atoms with Gasteiger partial charge in [0.2, 0.25) is 0 Å². The van der Waals surface area contributed by atoms with Crippen LogP contribution in [0, 0.1) is 0 Å². The number of anilines is 1. The van der Waals surface area contributed by atoms with Crippen molar-refractivity contribution in [2.45, 2.75) is 12.5 Å². The van der Waals surface area contributed by atoms with E-state index in [1.165, 1.54) is 0 Å². The van der Waals surface area contributed by atoms with E-state index >= 15 is 0 Å². The molecule has 0 saturated carbocycles. The van der Waals surface area contributed by atoms with Gasteiger partial charge in [0, 0.05) is 19.8 Å². The number of likely N-dealkylation sites (N-methyl/N-ethyl adjacent to an activating group) is 1. The van der Waals surface area contributed by atoms with Gasteiger partial charge in [-0.25, -0.2) is 0 Å². The van der Waals surface area contributed by atoms with Crippen molar-refractivity contribution in [2.24, 2.45) is 5.73 Å². The number of nitrogens with one attached hydrogen (secondary N) is 1. The summed E-state index contributed by atoms with van der Waals surface area (Å²) in [5.41, 5.74) is 5.34. The Morgan fingerprint density at radius 2 is 2.46 bits per heavy atom. The standard InChI is InChI=1S/C9H17N3O/c1-12(7-8(13)4-5-10)9-3-2-6-11-9/h2-3,6,8,11,13H,4-5,7,10H2,1H3. The van der Waals surface area contributed by atoms with Gasteiger partial charge in [-0.2, -0.15) is 0 Å². The molecule has 0 amide bonds. The van der Waals surface area contributed by atoms with Gasteiger partial charge in [0.1, 0.15) is 5.82 Å². The van der Waals surface area contributed by atoms with Gasteiger partial charge in [-0.05, 0) is 25.1 Å². The topological polar surface area (TPSA) is 65.3 Å². The number of aromatic amines is 1. The SMILES string of the molecule is CN(CC(O)CCN)c1ccc[nH]1. The molecule has 1 atom stereocenters. The number of aliphatic hydroxyl groups is 1. The number of aliphatic hydroxyl groups excluding tert-OH is 1. The molecule has 1 unspecified atom stereocenters. The van der Waals surface area contributed by atoms with Gasteiger partial charge < -0.3 is 20.7 Å². The second-order valence-electron chi connectivity index (χ2n) is 3.17. The Kier molecular flexibility index (Phi) is 3.79. The summed E-state index contributed by atoms with van der Waals surface area (Å²) >= 11 is 0. The number of hydrogen-bond donors (Lipinski definition) is 3. The lowest BCUT2D eigenvalue weighted by Crippen LogP contribution is -2.30. The summed E-state index contributed by atoms with van der Waals surface area (Å²) in [7, 11) is 1.94. The van der Waals surface area contributed by atoms with E-state index in [-0.39, 0.29) is 6.10 Å². The summed E-state index contributed by atoms with van der Waals surface area (Å²) < 4.78 is 0. The molecule has 4 heteroatoms. The van der Waals surface area contributed by atoms with Gasteiger partial charge in [-0.15, -0.1) is 0 Å². The van der Waals surface area contributed by atoms with E-state index in [4.69, 9.17) is 5.73 Å². The van der Waals surface area contributed by atoms with Crippen LogP contribution in [-0.2, 0) is 0 Å². The zero-order valence-electron chi connectivity index (χ0n) is 7.90. The zero-order valence-corrected chi connectivity index (χ0v) is 7.90. The average Bonchev–Trinajstić information content (AvgIpc) is 2.55. The second-order valence-corrected chi connectivity index (χ2v) is 3.17. The Morgan fingerprint density at radius 1 is 1.69 bits per heavy atom. The van der Waals surface area contributed by atoms with Crippen molar-refractivity contribution in [3.8, 4) is 0 Å². The lowest BCUT2D eigenvalue weighted by molar-refractivity contribution is 0.174. The van der Waals surface area contributed by atoms with Crippen LogP contribution in [-0.4, -0.2) is 36.3 Å². The summed E-state index contributed by atoms with van der Waals surface area (Å²) in [6, 6.07) is 3.90. The highest BCUT2D eigenvalue weighted by atomic mass is 16.3. The maximum atomic E-state index is 9.48. The van der Waals surface area contributed by atoms with Crippen molar-refractivity contribution in [1.82, 2.24) is 4.98 Å². The molecular formula is C9H17N3O. The average molecular weight is 183 g/mol. The third kappa shape index (κ3) is 3.08. The first kappa shape index (κ1) is 10.1. The molecule has 13 heavy (non-hydrogen) atoms. The van der Waals surface area contributed by atoms with Crippen LogP contribution in [0.3, 0.4) is 0 Å². The first-order valence-electron chi connectivity index (χ1n) is 4.46. The van der Waals surface area contributed by atoms with Crippen molar-refractivity contribution in [2.75, 3.05) is 25.0 Å². The van der Waals surface area contributed by atoms with Gasteiger partial charge in [0.25, 0.3) is 0 Å². The number of nitrogens with zero attached hydrogens (tertiary/aromatic N) is 1. The maximum absolute atomic E-state index is 9.48. The summed E-state index contributed by atoms with van der Waals surface area (Å²) in [5.74, 6) is 1.01. The minimum atomic E-state index is -0.349. The van der Waals surface area contributed by atoms with Crippen molar-refractivity contribution in [1.29, 1.82) is 0 Å². The molecule has 1 aromatic rings. The highest BCUT2D eigenvalue weighted by Gasteiger charge is 2.07. The van der Waals surface area contributed by atoms with Crippen LogP contribution >= 0.6 is 0 Å². The van der Waals surface area contributed by atoms with Crippen molar-refractivity contribution in [3.05, 3.63) is 18.3 Å². The molecule has 4 nitrogen and oxygen atoms in total. The van der Waals surface area contributed by atoms with Gasteiger partial charge in [-0.1, -0.05) is 0 Å². The Bertz CT molecular complexity index is 223. The maximum Gasteiger partial charge on any atom is 0.105 e. The highest BCUT2D eigenvalue weighted by Crippen LogP contribution is 2.08. The minimum absolute atomic E-state index is 0.349. The molecule has 0 fully saturated rings. The van der Waals surface area contributed by atoms with Crippen LogP contribution < -0.4 is 10.6 Å². The molecular weight excluding hydrogens is 166 g/mol. The smallest absolute Gasteiger partial charge is 0.105 e. The fraction of sp³-hybridized carbons (Fsp3) is 0.556. The third-order valence-electron chi connectivity index (χ3n) is 1.98. The van der Waals surface area contributed by atoms with E-state index < -0.39 is 0 Å². The molecule has 0 aliphatic carbocycles. The van der Waals surface area contributed by atoms with Crippen LogP contribution in [0.25, 0.3) is 0 Å². The van der Waals surface area contributed by atoms with E-state index in [1.807, 2.05) is 30.3 Å². The Hall–Kier alpha value is -1.00. The molecule has 0 aromatic carbocycles. The molecule has 1 rings (SSSR count). The number of nitrogens with two attached hydrogens (primary N) is 1. The fourth-order valence-corrected chi connectivity index (χ4v) is 1.26. The lowest BCUT2D eigenvalue weighted by atomic mass is 10.2. The molecule has 1 heterocycles. The Balaban J connectivity index is 2.37. The third-order valence-corrected chi connectivity index (χ3v) is 1.98. The number of aromatic nitrogens is 1. The number of rotatable bonds is 5. The van der Waals surface area contributed by atoms with Crippen LogP contribution in [0.15, 0.2) is 18.3 Å². The van der Waals surface area contributed by atoms with Crippen LogP contribution in [0.1, 0.15) is 6.42 Å². The second kappa shape index (κ2) is 4.89. The molecule has 74 valence electrons. The molecule has 0 aliphatic heterocycles. The predicted octanol–water partition coefficient (Wildman–Crippen LogP) is 0.161. The monoisotopic (exact) mass is 183 g/mol. The molecule has 0 spiro atoms. The van der Waals surface area contributed by atoms with E-state index in [0.29, 0.717) is 19.5 Å². The number of hydrogen-bond acceptors (Lipinski definition) is 3. The normalized spacial score (nSPS) is 12.8. The molecule has 0 bridgehead atoms. The first-order valence-corrected chi connectivity index (χ1v) is 4.46. The fourth-order valence-electron chi connectivity index (χ4n) is 1.26. The van der Waals surface area contributed by atoms with Crippen LogP contribution in [0.2, 0.25) is 0 Å². The Morgan fingerprint density at radius 3 is 3.00 bits per heavy atom. The molecule has 0 aliphatic rings. The van der Waals surface area contributed by atoms with Crippen molar-refractivity contribution in [3.63, 3.8) is 0 Å². The van der Waals surface area contributed by atoms with Crippen molar-refractivity contribution >= 4 is 5.82 Å². The highest BCUT2D eigenvalue weighted by molar-refractivity contribution is 5.37. The lowest BCUT2D eigenvalue weighted by Gasteiger charge is -2.20. The summed E-state index contributed by atoms with van der Waals surface area (Å²) in [4.78, 5) is 5.04. The van der Waals surface area contributed by atoms with Gasteiger partial charge >= 0.3 is 0 Å². The van der Waals surface area contributed by atoms with Gasteiger partial charge in [0.15, 0.2) is 0 Å². The van der Waals surface area contributed by atoms with Crippen LogP contribution in [0.4, 0.5) is 5.82 Å².